The van der Waals surface area contributed by atoms with E-state index in [9.17, 15) is 4.79 Å². The maximum absolute atomic E-state index is 11.9. The van der Waals surface area contributed by atoms with Gasteiger partial charge in [-0.25, -0.2) is 5.43 Å². The number of furan rings is 1. The molecule has 0 aliphatic carbocycles. The number of carbonyl (C=O) groups is 1. The van der Waals surface area contributed by atoms with Gasteiger partial charge < -0.3 is 4.42 Å². The van der Waals surface area contributed by atoms with Crippen LogP contribution < -0.4 is 5.43 Å². The number of aryl methyl sites for hydroxylation is 3. The summed E-state index contributed by atoms with van der Waals surface area (Å²) in [4.78, 5) is 14.3. The van der Waals surface area contributed by atoms with Crippen molar-refractivity contribution in [1.82, 2.24) is 5.43 Å². The Morgan fingerprint density at radius 2 is 2.05 bits per heavy atom. The Bertz CT molecular complexity index is 638. The molecule has 1 N–H and O–H groups in total. The summed E-state index contributed by atoms with van der Waals surface area (Å²) in [6, 6.07) is 3.71. The molecule has 5 heteroatoms. The van der Waals surface area contributed by atoms with Crippen LogP contribution in [0.3, 0.4) is 0 Å². The van der Waals surface area contributed by atoms with Gasteiger partial charge in [-0.2, -0.15) is 5.10 Å². The van der Waals surface area contributed by atoms with Gasteiger partial charge in [-0.3, -0.25) is 4.79 Å². The zero-order chi connectivity index (χ0) is 14.0. The van der Waals surface area contributed by atoms with Crippen molar-refractivity contribution in [2.45, 2.75) is 27.7 Å². The van der Waals surface area contributed by atoms with Crippen molar-refractivity contribution in [3.63, 3.8) is 0 Å². The van der Waals surface area contributed by atoms with E-state index in [0.29, 0.717) is 11.3 Å². The lowest BCUT2D eigenvalue weighted by Crippen LogP contribution is -2.19. The number of carbonyl (C=O) groups excluding carboxylic acids is 1. The third-order valence-electron chi connectivity index (χ3n) is 2.86. The summed E-state index contributed by atoms with van der Waals surface area (Å²) in [5, 5.41) is 4.15. The van der Waals surface area contributed by atoms with E-state index in [-0.39, 0.29) is 5.91 Å². The van der Waals surface area contributed by atoms with E-state index >= 15 is 0 Å². The topological polar surface area (TPSA) is 54.6 Å². The second kappa shape index (κ2) is 5.40. The average molecular weight is 276 g/mol. The normalized spacial score (nSPS) is 11.7. The van der Waals surface area contributed by atoms with Crippen LogP contribution in [-0.4, -0.2) is 11.6 Å². The number of hydrogen-bond donors (Lipinski definition) is 1. The van der Waals surface area contributed by atoms with Crippen molar-refractivity contribution >= 4 is 23.0 Å². The summed E-state index contributed by atoms with van der Waals surface area (Å²) in [5.74, 6) is 0.336. The summed E-state index contributed by atoms with van der Waals surface area (Å²) < 4.78 is 5.09. The van der Waals surface area contributed by atoms with E-state index in [0.717, 1.165) is 11.3 Å². The van der Waals surface area contributed by atoms with Crippen LogP contribution in [0.2, 0.25) is 0 Å². The highest BCUT2D eigenvalue weighted by Crippen LogP contribution is 2.21. The molecule has 19 heavy (non-hydrogen) atoms. The first-order chi connectivity index (χ1) is 8.99. The molecule has 0 spiro atoms. The lowest BCUT2D eigenvalue weighted by atomic mass is 10.2. The first-order valence-electron chi connectivity index (χ1n) is 5.95. The summed E-state index contributed by atoms with van der Waals surface area (Å²) in [6.07, 6.45) is 1.49. The van der Waals surface area contributed by atoms with Gasteiger partial charge in [0.15, 0.2) is 0 Å². The van der Waals surface area contributed by atoms with Gasteiger partial charge in [0.1, 0.15) is 5.76 Å². The first-order valence-corrected chi connectivity index (χ1v) is 6.77. The van der Waals surface area contributed by atoms with Crippen LogP contribution in [0.25, 0.3) is 0 Å². The molecule has 2 rings (SSSR count). The molecule has 0 saturated carbocycles. The van der Waals surface area contributed by atoms with E-state index in [1.807, 2.05) is 13.8 Å². The minimum atomic E-state index is -0.254. The summed E-state index contributed by atoms with van der Waals surface area (Å²) >= 11 is 1.72. The second-order valence-electron chi connectivity index (χ2n) is 4.36. The van der Waals surface area contributed by atoms with E-state index < -0.39 is 0 Å². The zero-order valence-corrected chi connectivity index (χ0v) is 12.2. The zero-order valence-electron chi connectivity index (χ0n) is 11.4. The van der Waals surface area contributed by atoms with Crippen molar-refractivity contribution in [3.8, 4) is 0 Å². The Labute approximate surface area is 116 Å². The van der Waals surface area contributed by atoms with Crippen LogP contribution in [0.5, 0.6) is 0 Å². The fraction of sp³-hybridized carbons (Fsp3) is 0.286. The van der Waals surface area contributed by atoms with Gasteiger partial charge in [0.25, 0.3) is 5.91 Å². The van der Waals surface area contributed by atoms with Gasteiger partial charge in [0.05, 0.1) is 17.5 Å². The van der Waals surface area contributed by atoms with E-state index in [1.54, 1.807) is 24.3 Å². The molecule has 0 aliphatic heterocycles. The van der Waals surface area contributed by atoms with Crippen molar-refractivity contribution in [3.05, 3.63) is 45.0 Å². The molecule has 2 aromatic heterocycles. The number of nitrogens with one attached hydrogen (secondary N) is 1. The van der Waals surface area contributed by atoms with Gasteiger partial charge >= 0.3 is 0 Å². The molecule has 0 atom stereocenters. The molecule has 2 aromatic rings. The van der Waals surface area contributed by atoms with Crippen LogP contribution in [0.4, 0.5) is 0 Å². The summed E-state index contributed by atoms with van der Waals surface area (Å²) in [5.41, 5.74) is 4.94. The third kappa shape index (κ3) is 2.93. The minimum Gasteiger partial charge on any atom is -0.469 e. The fourth-order valence-corrected chi connectivity index (χ4v) is 2.84. The predicted molar refractivity (Wildman–Crippen MR) is 76.9 cm³/mol. The quantitative estimate of drug-likeness (QED) is 0.690. The average Bonchev–Trinajstić information content (AvgIpc) is 2.91. The molecule has 0 fully saturated rings. The molecule has 0 aromatic carbocycles. The van der Waals surface area contributed by atoms with Gasteiger partial charge in [0.2, 0.25) is 0 Å². The Balaban J connectivity index is 2.13. The van der Waals surface area contributed by atoms with Crippen molar-refractivity contribution in [1.29, 1.82) is 0 Å². The maximum Gasteiger partial charge on any atom is 0.274 e. The Morgan fingerprint density at radius 3 is 2.58 bits per heavy atom. The monoisotopic (exact) mass is 276 g/mol. The number of amides is 1. The third-order valence-corrected chi connectivity index (χ3v) is 3.83. The molecule has 0 radical (unpaired) electrons. The highest BCUT2D eigenvalue weighted by molar-refractivity contribution is 7.12. The smallest absolute Gasteiger partial charge is 0.274 e. The first kappa shape index (κ1) is 13.5. The second-order valence-corrected chi connectivity index (χ2v) is 5.82. The largest absolute Gasteiger partial charge is 0.469 e. The SMILES string of the molecule is C/C(=N\NC(=O)c1ccoc1C)c1cc(C)sc1C. The molecular formula is C14H16N2O2S. The molecule has 2 heterocycles. The lowest BCUT2D eigenvalue weighted by molar-refractivity contribution is 0.0953. The fourth-order valence-electron chi connectivity index (χ4n) is 1.87. The molecule has 100 valence electrons. The highest BCUT2D eigenvalue weighted by Gasteiger charge is 2.11. The van der Waals surface area contributed by atoms with Crippen molar-refractivity contribution < 1.29 is 9.21 Å². The van der Waals surface area contributed by atoms with Crippen molar-refractivity contribution in [2.75, 3.05) is 0 Å². The highest BCUT2D eigenvalue weighted by atomic mass is 32.1. The molecule has 0 saturated heterocycles. The molecule has 0 aliphatic rings. The van der Waals surface area contributed by atoms with Crippen LogP contribution in [-0.2, 0) is 0 Å². The van der Waals surface area contributed by atoms with Gasteiger partial charge in [0, 0.05) is 15.3 Å². The molecular weight excluding hydrogens is 260 g/mol. The van der Waals surface area contributed by atoms with E-state index in [4.69, 9.17) is 4.42 Å². The lowest BCUT2D eigenvalue weighted by Gasteiger charge is -2.01. The van der Waals surface area contributed by atoms with Crippen molar-refractivity contribution in [2.24, 2.45) is 5.10 Å². The number of thiophene rings is 1. The standard InChI is InChI=1S/C14H16N2O2S/c1-8-7-13(11(4)19-8)9(2)15-16-14(17)12-5-6-18-10(12)3/h5-7H,1-4H3,(H,16,17)/b15-9+. The molecule has 4 nitrogen and oxygen atoms in total. The predicted octanol–water partition coefficient (Wildman–Crippen LogP) is 3.42. The molecule has 0 unspecified atom stereocenters. The summed E-state index contributed by atoms with van der Waals surface area (Å²) in [7, 11) is 0. The minimum absolute atomic E-state index is 0.254. The number of nitrogens with zero attached hydrogens (tertiary/aromatic N) is 1. The summed E-state index contributed by atoms with van der Waals surface area (Å²) in [6.45, 7) is 7.74. The Kier molecular flexibility index (Phi) is 3.85. The van der Waals surface area contributed by atoms with E-state index in [1.165, 1.54) is 16.0 Å². The molecule has 0 bridgehead atoms. The van der Waals surface area contributed by atoms with Gasteiger partial charge in [-0.05, 0) is 39.8 Å². The van der Waals surface area contributed by atoms with Gasteiger partial charge in [-0.15, -0.1) is 11.3 Å². The Morgan fingerprint density at radius 1 is 1.32 bits per heavy atom. The van der Waals surface area contributed by atoms with E-state index in [2.05, 4.69) is 23.5 Å². The van der Waals surface area contributed by atoms with Crippen LogP contribution >= 0.6 is 11.3 Å². The number of rotatable bonds is 3. The number of hydrazone groups is 1. The van der Waals surface area contributed by atoms with Crippen LogP contribution in [0, 0.1) is 20.8 Å². The molecule has 1 amide bonds. The maximum atomic E-state index is 11.9. The van der Waals surface area contributed by atoms with Gasteiger partial charge in [-0.1, -0.05) is 0 Å². The Hall–Kier alpha value is -1.88. The van der Waals surface area contributed by atoms with Crippen LogP contribution in [0.1, 0.15) is 38.4 Å². The van der Waals surface area contributed by atoms with Crippen LogP contribution in [0.15, 0.2) is 27.9 Å². The number of hydrogen-bond acceptors (Lipinski definition) is 4.